The molecule has 0 atom stereocenters. The lowest BCUT2D eigenvalue weighted by Gasteiger charge is -2.32. The summed E-state index contributed by atoms with van der Waals surface area (Å²) < 4.78 is 59.1. The summed E-state index contributed by atoms with van der Waals surface area (Å²) in [4.78, 5) is 0. The summed E-state index contributed by atoms with van der Waals surface area (Å²) in [5.74, 6) is -2.05. The van der Waals surface area contributed by atoms with Gasteiger partial charge in [-0.05, 0) is 61.5 Å². The molecule has 9 heteroatoms. The first-order valence-electron chi connectivity index (χ1n) is 9.40. The van der Waals surface area contributed by atoms with Crippen LogP contribution in [0, 0.1) is 11.6 Å². The molecule has 2 aliphatic heterocycles. The van der Waals surface area contributed by atoms with Crippen molar-refractivity contribution in [3.8, 4) is 5.75 Å². The molecule has 0 N–H and O–H groups in total. The number of hydrogen-bond acceptors (Lipinski definition) is 5. The molecule has 0 radical (unpaired) electrons. The molecule has 5 nitrogen and oxygen atoms in total. The first-order chi connectivity index (χ1) is 12.6. The fourth-order valence-corrected chi connectivity index (χ4v) is 3.13. The fraction of sp³-hybridized carbons (Fsp3) is 0.684. The summed E-state index contributed by atoms with van der Waals surface area (Å²) in [6.45, 7) is 14.7. The predicted molar refractivity (Wildman–Crippen MR) is 104 cm³/mol. The third-order valence-corrected chi connectivity index (χ3v) is 6.45. The number of halogens is 2. The summed E-state index contributed by atoms with van der Waals surface area (Å²) >= 11 is 0. The van der Waals surface area contributed by atoms with Crippen molar-refractivity contribution < 1.29 is 32.1 Å². The lowest BCUT2D eigenvalue weighted by Crippen LogP contribution is -2.44. The Morgan fingerprint density at radius 3 is 1.50 bits per heavy atom. The van der Waals surface area contributed by atoms with E-state index in [4.69, 9.17) is 23.4 Å². The minimum atomic E-state index is -1.10. The average molecular weight is 396 g/mol. The molecule has 0 amide bonds. The monoisotopic (exact) mass is 396 g/mol. The second kappa shape index (κ2) is 6.42. The molecule has 2 saturated heterocycles. The molecule has 0 unspecified atom stereocenters. The third-order valence-electron chi connectivity index (χ3n) is 6.45. The van der Waals surface area contributed by atoms with E-state index in [0.29, 0.717) is 0 Å². The summed E-state index contributed by atoms with van der Waals surface area (Å²) in [6.07, 6.45) is 0. The number of rotatable bonds is 3. The van der Waals surface area contributed by atoms with Crippen molar-refractivity contribution in [2.45, 2.75) is 77.8 Å². The molecule has 2 heterocycles. The van der Waals surface area contributed by atoms with Gasteiger partial charge in [0.25, 0.3) is 0 Å². The van der Waals surface area contributed by atoms with Gasteiger partial charge < -0.3 is 23.4 Å². The third kappa shape index (κ3) is 3.16. The van der Waals surface area contributed by atoms with Gasteiger partial charge >= 0.3 is 14.2 Å². The molecule has 0 saturated carbocycles. The van der Waals surface area contributed by atoms with Gasteiger partial charge in [0.05, 0.1) is 35.0 Å². The van der Waals surface area contributed by atoms with Gasteiger partial charge in [0, 0.05) is 5.46 Å². The molecule has 0 bridgehead atoms. The van der Waals surface area contributed by atoms with E-state index >= 15 is 8.78 Å². The van der Waals surface area contributed by atoms with Gasteiger partial charge in [0.1, 0.15) is 5.75 Å². The summed E-state index contributed by atoms with van der Waals surface area (Å²) in [5.41, 5.74) is -2.94. The molecule has 0 spiro atoms. The fourth-order valence-electron chi connectivity index (χ4n) is 3.13. The normalized spacial score (nSPS) is 24.7. The maximum Gasteiger partial charge on any atom is 0.501 e. The van der Waals surface area contributed by atoms with Crippen LogP contribution in [-0.4, -0.2) is 43.8 Å². The molecular formula is C19H28B2F2O5. The highest BCUT2D eigenvalue weighted by Crippen LogP contribution is 2.39. The molecule has 154 valence electrons. The lowest BCUT2D eigenvalue weighted by atomic mass is 9.72. The SMILES string of the molecule is COc1cc(B2OC(C)(C)C(C)(C)O2)c(F)c(F)c1B1OC(C)(C)C(C)(C)O1. The molecule has 1 aromatic carbocycles. The predicted octanol–water partition coefficient (Wildman–Crippen LogP) is 2.57. The van der Waals surface area contributed by atoms with Gasteiger partial charge in [0.15, 0.2) is 11.6 Å². The van der Waals surface area contributed by atoms with Crippen LogP contribution in [0.4, 0.5) is 8.78 Å². The molecular weight excluding hydrogens is 368 g/mol. The van der Waals surface area contributed by atoms with Gasteiger partial charge in [-0.2, -0.15) is 0 Å². The van der Waals surface area contributed by atoms with Crippen molar-refractivity contribution in [3.05, 3.63) is 17.7 Å². The minimum absolute atomic E-state index is 0.0618. The van der Waals surface area contributed by atoms with Crippen LogP contribution in [-0.2, 0) is 18.6 Å². The first kappa shape index (κ1) is 21.6. The van der Waals surface area contributed by atoms with E-state index in [1.807, 2.05) is 55.4 Å². The van der Waals surface area contributed by atoms with Crippen LogP contribution in [0.25, 0.3) is 0 Å². The van der Waals surface area contributed by atoms with Gasteiger partial charge in [-0.3, -0.25) is 0 Å². The van der Waals surface area contributed by atoms with Crippen molar-refractivity contribution >= 4 is 25.2 Å². The van der Waals surface area contributed by atoms with Crippen molar-refractivity contribution in [1.82, 2.24) is 0 Å². The van der Waals surface area contributed by atoms with Gasteiger partial charge in [-0.15, -0.1) is 0 Å². The number of hydrogen-bond donors (Lipinski definition) is 0. The Hall–Kier alpha value is -1.15. The molecule has 0 aliphatic carbocycles. The summed E-state index contributed by atoms with van der Waals surface area (Å²) in [7, 11) is -0.766. The number of methoxy groups -OCH3 is 1. The smallest absolute Gasteiger partial charge is 0.497 e. The highest BCUT2D eigenvalue weighted by Gasteiger charge is 2.56. The topological polar surface area (TPSA) is 46.2 Å². The molecule has 1 aromatic rings. The lowest BCUT2D eigenvalue weighted by molar-refractivity contribution is 0.00578. The summed E-state index contributed by atoms with van der Waals surface area (Å²) in [6, 6.07) is 1.39. The Kier molecular flexibility index (Phi) is 4.95. The standard InChI is InChI=1S/C19H28B2F2O5/c1-16(2)17(3,4)26-20(25-16)11-10-12(24-9)13(15(23)14(11)22)21-27-18(5,6)19(7,8)28-21/h10H,1-9H3. The average Bonchev–Trinajstić information content (AvgIpc) is 2.88. The van der Waals surface area contributed by atoms with Gasteiger partial charge in [0.2, 0.25) is 0 Å². The van der Waals surface area contributed by atoms with Gasteiger partial charge in [-0.1, -0.05) is 0 Å². The maximum absolute atomic E-state index is 15.2. The highest BCUT2D eigenvalue weighted by molar-refractivity contribution is 6.65. The number of benzene rings is 1. The van der Waals surface area contributed by atoms with Crippen LogP contribution >= 0.6 is 0 Å². The Balaban J connectivity index is 2.04. The van der Waals surface area contributed by atoms with Crippen LogP contribution in [0.3, 0.4) is 0 Å². The van der Waals surface area contributed by atoms with Crippen LogP contribution in [0.1, 0.15) is 55.4 Å². The Labute approximate surface area is 166 Å². The van der Waals surface area contributed by atoms with E-state index in [0.717, 1.165) is 0 Å². The molecule has 28 heavy (non-hydrogen) atoms. The molecule has 3 rings (SSSR count). The van der Waals surface area contributed by atoms with E-state index in [-0.39, 0.29) is 16.7 Å². The van der Waals surface area contributed by atoms with Crippen molar-refractivity contribution in [1.29, 1.82) is 0 Å². The molecule has 2 aliphatic rings. The van der Waals surface area contributed by atoms with E-state index in [2.05, 4.69) is 0 Å². The quantitative estimate of drug-likeness (QED) is 0.736. The van der Waals surface area contributed by atoms with Crippen LogP contribution < -0.4 is 15.7 Å². The Morgan fingerprint density at radius 2 is 1.11 bits per heavy atom. The van der Waals surface area contributed by atoms with Gasteiger partial charge in [-0.25, -0.2) is 8.78 Å². The Bertz CT molecular complexity index is 763. The van der Waals surface area contributed by atoms with Crippen LogP contribution in [0.2, 0.25) is 0 Å². The van der Waals surface area contributed by atoms with E-state index in [1.165, 1.54) is 13.2 Å². The Morgan fingerprint density at radius 1 is 0.714 bits per heavy atom. The van der Waals surface area contributed by atoms with Crippen molar-refractivity contribution in [2.24, 2.45) is 0 Å². The van der Waals surface area contributed by atoms with E-state index in [1.54, 1.807) is 0 Å². The minimum Gasteiger partial charge on any atom is -0.497 e. The van der Waals surface area contributed by atoms with Crippen LogP contribution in [0.5, 0.6) is 5.75 Å². The number of ether oxygens (including phenoxy) is 1. The van der Waals surface area contributed by atoms with E-state index < -0.39 is 48.3 Å². The van der Waals surface area contributed by atoms with Crippen molar-refractivity contribution in [3.63, 3.8) is 0 Å². The second-order valence-corrected chi connectivity index (χ2v) is 9.39. The zero-order valence-corrected chi connectivity index (χ0v) is 18.0. The molecule has 2 fully saturated rings. The van der Waals surface area contributed by atoms with E-state index in [9.17, 15) is 0 Å². The first-order valence-corrected chi connectivity index (χ1v) is 9.40. The maximum atomic E-state index is 15.2. The van der Waals surface area contributed by atoms with Crippen molar-refractivity contribution in [2.75, 3.05) is 7.11 Å². The molecule has 0 aromatic heterocycles. The zero-order chi connectivity index (χ0) is 21.3. The second-order valence-electron chi connectivity index (χ2n) is 9.39. The zero-order valence-electron chi connectivity index (χ0n) is 18.0. The summed E-state index contributed by atoms with van der Waals surface area (Å²) in [5, 5.41) is 0. The van der Waals surface area contributed by atoms with Crippen LogP contribution in [0.15, 0.2) is 6.07 Å². The highest BCUT2D eigenvalue weighted by atomic mass is 19.2. The largest absolute Gasteiger partial charge is 0.501 e.